The molecule has 0 fully saturated rings. The Bertz CT molecular complexity index is 641. The summed E-state index contributed by atoms with van der Waals surface area (Å²) in [5, 5.41) is 10.8. The molecule has 6 heteroatoms. The predicted octanol–water partition coefficient (Wildman–Crippen LogP) is 2.98. The zero-order valence-corrected chi connectivity index (χ0v) is 10.6. The largest absolute Gasteiger partial charge is 0.437 e. The number of nitrogen functional groups attached to an aromatic ring is 1. The van der Waals surface area contributed by atoms with E-state index in [4.69, 9.17) is 10.5 Å². The van der Waals surface area contributed by atoms with Gasteiger partial charge in [-0.05, 0) is 31.5 Å². The number of hydrogen-bond acceptors (Lipinski definition) is 5. The van der Waals surface area contributed by atoms with E-state index in [1.54, 1.807) is 31.3 Å². The number of nitrogens with two attached hydrogens (primary N) is 1. The number of anilines is 1. The average Bonchev–Trinajstić information content (AvgIpc) is 2.34. The van der Waals surface area contributed by atoms with Gasteiger partial charge in [0.15, 0.2) is 0 Å². The molecule has 0 saturated carbocycles. The van der Waals surface area contributed by atoms with Crippen LogP contribution in [0.3, 0.4) is 0 Å². The molecule has 0 aliphatic heterocycles. The fourth-order valence-electron chi connectivity index (χ4n) is 1.68. The lowest BCUT2D eigenvalue weighted by Gasteiger charge is -2.10. The molecule has 2 N–H and O–H groups in total. The number of benzene rings is 1. The van der Waals surface area contributed by atoms with Crippen molar-refractivity contribution < 1.29 is 9.66 Å². The summed E-state index contributed by atoms with van der Waals surface area (Å²) in [6.07, 6.45) is 1.62. The Hall–Kier alpha value is -2.63. The van der Waals surface area contributed by atoms with Crippen LogP contribution in [-0.4, -0.2) is 9.91 Å². The van der Waals surface area contributed by atoms with E-state index < -0.39 is 4.92 Å². The molecule has 2 rings (SSSR count). The number of aryl methyl sites for hydroxylation is 1. The highest BCUT2D eigenvalue weighted by Gasteiger charge is 2.15. The number of hydrogen-bond donors (Lipinski definition) is 1. The van der Waals surface area contributed by atoms with Crippen molar-refractivity contribution in [1.82, 2.24) is 4.98 Å². The van der Waals surface area contributed by atoms with Crippen molar-refractivity contribution in [2.24, 2.45) is 0 Å². The van der Waals surface area contributed by atoms with Crippen LogP contribution in [0.4, 0.5) is 11.4 Å². The summed E-state index contributed by atoms with van der Waals surface area (Å²) in [5.74, 6) is 0.617. The minimum atomic E-state index is -0.450. The molecular weight excluding hydrogens is 246 g/mol. The van der Waals surface area contributed by atoms with Gasteiger partial charge in [-0.15, -0.1) is 0 Å². The highest BCUT2D eigenvalue weighted by atomic mass is 16.6. The van der Waals surface area contributed by atoms with Crippen LogP contribution in [0.5, 0.6) is 11.6 Å². The summed E-state index contributed by atoms with van der Waals surface area (Å²) in [5.41, 5.74) is 7.55. The molecule has 0 spiro atoms. The first kappa shape index (κ1) is 12.8. The lowest BCUT2D eigenvalue weighted by molar-refractivity contribution is -0.385. The maximum atomic E-state index is 10.8. The van der Waals surface area contributed by atoms with Crippen molar-refractivity contribution in [3.05, 3.63) is 51.7 Å². The molecule has 1 aromatic heterocycles. The van der Waals surface area contributed by atoms with Crippen LogP contribution in [-0.2, 0) is 0 Å². The maximum Gasteiger partial charge on any atom is 0.276 e. The average molecular weight is 259 g/mol. The molecule has 0 aliphatic carbocycles. The van der Waals surface area contributed by atoms with E-state index in [9.17, 15) is 10.1 Å². The highest BCUT2D eigenvalue weighted by Crippen LogP contribution is 2.32. The van der Waals surface area contributed by atoms with Crippen LogP contribution in [0.1, 0.15) is 11.1 Å². The topological polar surface area (TPSA) is 91.3 Å². The third-order valence-corrected chi connectivity index (χ3v) is 2.67. The Balaban J connectivity index is 2.38. The molecule has 2 aromatic rings. The van der Waals surface area contributed by atoms with Crippen molar-refractivity contribution in [2.75, 3.05) is 5.73 Å². The van der Waals surface area contributed by atoms with Crippen LogP contribution < -0.4 is 10.5 Å². The molecule has 6 nitrogen and oxygen atoms in total. The number of nitro groups is 1. The van der Waals surface area contributed by atoms with E-state index in [0.717, 1.165) is 5.56 Å². The molecule has 0 atom stereocenters. The summed E-state index contributed by atoms with van der Waals surface area (Å²) in [4.78, 5) is 14.5. The van der Waals surface area contributed by atoms with Gasteiger partial charge >= 0.3 is 0 Å². The zero-order valence-electron chi connectivity index (χ0n) is 10.6. The predicted molar refractivity (Wildman–Crippen MR) is 71.3 cm³/mol. The molecule has 0 aliphatic rings. The van der Waals surface area contributed by atoms with Crippen molar-refractivity contribution >= 4 is 11.4 Å². The number of pyridine rings is 1. The Morgan fingerprint density at radius 1 is 1.37 bits per heavy atom. The van der Waals surface area contributed by atoms with Gasteiger partial charge in [-0.25, -0.2) is 4.98 Å². The van der Waals surface area contributed by atoms with E-state index in [0.29, 0.717) is 17.0 Å². The first-order chi connectivity index (χ1) is 8.99. The third kappa shape index (κ3) is 2.62. The Kier molecular flexibility index (Phi) is 3.33. The lowest BCUT2D eigenvalue weighted by Crippen LogP contribution is -1.98. The molecule has 0 saturated heterocycles. The number of ether oxygens (including phenoxy) is 1. The van der Waals surface area contributed by atoms with Gasteiger partial charge in [0.1, 0.15) is 5.75 Å². The standard InChI is InChI=1S/C13H13N3O3/c1-8-6-10(14)13(15-7-8)19-12-5-3-4-11(9(12)2)16(17)18/h3-7H,14H2,1-2H3. The second-order valence-electron chi connectivity index (χ2n) is 4.17. The van der Waals surface area contributed by atoms with Crippen LogP contribution >= 0.6 is 0 Å². The number of rotatable bonds is 3. The zero-order chi connectivity index (χ0) is 14.0. The summed E-state index contributed by atoms with van der Waals surface area (Å²) < 4.78 is 5.55. The Morgan fingerprint density at radius 2 is 2.11 bits per heavy atom. The van der Waals surface area contributed by atoms with Crippen LogP contribution in [0.2, 0.25) is 0 Å². The molecular formula is C13H13N3O3. The second-order valence-corrected chi connectivity index (χ2v) is 4.17. The van der Waals surface area contributed by atoms with Gasteiger partial charge in [0.25, 0.3) is 5.69 Å². The van der Waals surface area contributed by atoms with Gasteiger partial charge in [0.05, 0.1) is 16.2 Å². The monoisotopic (exact) mass is 259 g/mol. The van der Waals surface area contributed by atoms with Crippen LogP contribution in [0.25, 0.3) is 0 Å². The first-order valence-electron chi connectivity index (χ1n) is 5.63. The summed E-state index contributed by atoms with van der Waals surface area (Å²) in [7, 11) is 0. The van der Waals surface area contributed by atoms with E-state index in [-0.39, 0.29) is 11.6 Å². The third-order valence-electron chi connectivity index (χ3n) is 2.67. The molecule has 0 unspecified atom stereocenters. The van der Waals surface area contributed by atoms with Gasteiger partial charge in [-0.3, -0.25) is 10.1 Å². The second kappa shape index (κ2) is 4.93. The van der Waals surface area contributed by atoms with E-state index in [1.807, 2.05) is 6.92 Å². The van der Waals surface area contributed by atoms with Gasteiger partial charge in [-0.1, -0.05) is 6.07 Å². The van der Waals surface area contributed by atoms with Gasteiger partial charge in [-0.2, -0.15) is 0 Å². The number of nitrogens with zero attached hydrogens (tertiary/aromatic N) is 2. The highest BCUT2D eigenvalue weighted by molar-refractivity contribution is 5.54. The maximum absolute atomic E-state index is 10.8. The summed E-state index contributed by atoms with van der Waals surface area (Å²) >= 11 is 0. The molecule has 98 valence electrons. The van der Waals surface area contributed by atoms with Gasteiger partial charge in [0, 0.05) is 12.3 Å². The molecule has 0 bridgehead atoms. The van der Waals surface area contributed by atoms with Crippen LogP contribution in [0, 0.1) is 24.0 Å². The first-order valence-corrected chi connectivity index (χ1v) is 5.63. The lowest BCUT2D eigenvalue weighted by atomic mass is 10.2. The Labute approximate surface area is 110 Å². The quantitative estimate of drug-likeness (QED) is 0.675. The fourth-order valence-corrected chi connectivity index (χ4v) is 1.68. The smallest absolute Gasteiger partial charge is 0.276 e. The summed E-state index contributed by atoms with van der Waals surface area (Å²) in [6, 6.07) is 6.36. The van der Waals surface area contributed by atoms with Gasteiger partial charge in [0.2, 0.25) is 5.88 Å². The van der Waals surface area contributed by atoms with Gasteiger partial charge < -0.3 is 10.5 Å². The van der Waals surface area contributed by atoms with E-state index in [1.165, 1.54) is 6.07 Å². The fraction of sp³-hybridized carbons (Fsp3) is 0.154. The minimum absolute atomic E-state index is 0.00295. The summed E-state index contributed by atoms with van der Waals surface area (Å²) in [6.45, 7) is 3.49. The Morgan fingerprint density at radius 3 is 2.74 bits per heavy atom. The number of nitro benzene ring substituents is 1. The van der Waals surface area contributed by atoms with Crippen LogP contribution in [0.15, 0.2) is 30.5 Å². The molecule has 19 heavy (non-hydrogen) atoms. The SMILES string of the molecule is Cc1cnc(Oc2cccc([N+](=O)[O-])c2C)c(N)c1. The van der Waals surface area contributed by atoms with Crippen molar-refractivity contribution in [3.8, 4) is 11.6 Å². The molecule has 1 heterocycles. The normalized spacial score (nSPS) is 10.2. The molecule has 0 radical (unpaired) electrons. The number of aromatic nitrogens is 1. The molecule has 1 aromatic carbocycles. The van der Waals surface area contributed by atoms with Crippen molar-refractivity contribution in [2.45, 2.75) is 13.8 Å². The molecule has 0 amide bonds. The van der Waals surface area contributed by atoms with Crippen molar-refractivity contribution in [1.29, 1.82) is 0 Å². The van der Waals surface area contributed by atoms with Crippen molar-refractivity contribution in [3.63, 3.8) is 0 Å². The van der Waals surface area contributed by atoms with E-state index in [2.05, 4.69) is 4.98 Å². The van der Waals surface area contributed by atoms with E-state index >= 15 is 0 Å². The minimum Gasteiger partial charge on any atom is -0.437 e.